The summed E-state index contributed by atoms with van der Waals surface area (Å²) in [5.74, 6) is -11.1. The van der Waals surface area contributed by atoms with E-state index in [9.17, 15) is 58.5 Å². The molecule has 0 spiro atoms. The molecule has 1 aromatic carbocycles. The Hall–Kier alpha value is -5.38. The lowest BCUT2D eigenvalue weighted by Crippen LogP contribution is -2.60. The van der Waals surface area contributed by atoms with Gasteiger partial charge in [0.2, 0.25) is 47.3 Å². The van der Waals surface area contributed by atoms with E-state index < -0.39 is 158 Å². The van der Waals surface area contributed by atoms with E-state index in [4.69, 9.17) is 5.73 Å². The van der Waals surface area contributed by atoms with E-state index in [-0.39, 0.29) is 18.6 Å². The number of nitrogens with two attached hydrogens (primary N) is 1. The van der Waals surface area contributed by atoms with Crippen LogP contribution in [-0.2, 0) is 43.2 Å². The zero-order valence-corrected chi connectivity index (χ0v) is 35.6. The van der Waals surface area contributed by atoms with E-state index in [0.717, 1.165) is 27.1 Å². The first kappa shape index (κ1) is 47.7. The van der Waals surface area contributed by atoms with Gasteiger partial charge < -0.3 is 57.9 Å². The molecule has 1 aromatic rings. The van der Waals surface area contributed by atoms with Crippen LogP contribution in [0.2, 0.25) is 0 Å². The van der Waals surface area contributed by atoms with Crippen molar-refractivity contribution in [3.63, 3.8) is 0 Å². The Balaban J connectivity index is 1.67. The number of aliphatic hydroxyl groups excluding tert-OH is 3. The number of ketones is 1. The van der Waals surface area contributed by atoms with Gasteiger partial charge in [0.05, 0.1) is 44.4 Å². The van der Waals surface area contributed by atoms with Crippen molar-refractivity contribution in [2.24, 2.45) is 29.4 Å². The third-order valence-corrected chi connectivity index (χ3v) is 13.2. The van der Waals surface area contributed by atoms with Crippen molar-refractivity contribution in [3.05, 3.63) is 34.7 Å². The van der Waals surface area contributed by atoms with Crippen molar-refractivity contribution in [3.8, 4) is 0 Å². The van der Waals surface area contributed by atoms with Crippen LogP contribution in [0.5, 0.6) is 0 Å². The van der Waals surface area contributed by atoms with E-state index in [1.807, 2.05) is 18.2 Å². The number of carbonyl (C=O) groups is 9. The summed E-state index contributed by atoms with van der Waals surface area (Å²) >= 11 is 1.16. The molecule has 3 saturated heterocycles. The molecular weight excluding hydrogens is 829 g/mol. The third-order valence-electron chi connectivity index (χ3n) is 11.9. The number of nitrogens with zero attached hydrogens (tertiary/aromatic N) is 1. The summed E-state index contributed by atoms with van der Waals surface area (Å²) < 4.78 is 0. The molecular formula is C41H56N8O12S. The lowest BCUT2D eigenvalue weighted by Gasteiger charge is -2.33. The Morgan fingerprint density at radius 2 is 1.56 bits per heavy atom. The number of benzene rings is 1. The summed E-state index contributed by atoms with van der Waals surface area (Å²) in [6.07, 6.45) is -2.13. The number of fused-ring (bicyclic) bond motifs is 5. The molecule has 3 heterocycles. The molecule has 3 fully saturated rings. The van der Waals surface area contributed by atoms with Crippen molar-refractivity contribution in [2.75, 3.05) is 32.0 Å². The second kappa shape index (κ2) is 21.1. The fourth-order valence-corrected chi connectivity index (χ4v) is 9.42. The Morgan fingerprint density at radius 1 is 0.887 bits per heavy atom. The zero-order chi connectivity index (χ0) is 45.4. The van der Waals surface area contributed by atoms with Gasteiger partial charge in [-0.25, -0.2) is 0 Å². The lowest BCUT2D eigenvalue weighted by molar-refractivity contribution is -0.144. The minimum absolute atomic E-state index is 0.0350. The molecule has 3 aliphatic heterocycles. The van der Waals surface area contributed by atoms with E-state index in [2.05, 4.69) is 31.9 Å². The summed E-state index contributed by atoms with van der Waals surface area (Å²) in [5, 5.41) is 48.2. The molecule has 5 rings (SSSR count). The van der Waals surface area contributed by atoms with E-state index in [1.165, 1.54) is 6.92 Å². The molecule has 2 bridgehead atoms. The van der Waals surface area contributed by atoms with Gasteiger partial charge in [-0.1, -0.05) is 57.5 Å². The van der Waals surface area contributed by atoms with Gasteiger partial charge in [0.15, 0.2) is 5.78 Å². The second-order valence-corrected chi connectivity index (χ2v) is 17.4. The fraction of sp³-hybridized carbons (Fsp3) is 0.585. The largest absolute Gasteiger partial charge is 0.394 e. The van der Waals surface area contributed by atoms with Crippen LogP contribution >= 0.6 is 11.8 Å². The van der Waals surface area contributed by atoms with Crippen LogP contribution in [0.15, 0.2) is 24.3 Å². The van der Waals surface area contributed by atoms with Crippen LogP contribution in [0.3, 0.4) is 0 Å². The van der Waals surface area contributed by atoms with Crippen LogP contribution in [-0.4, -0.2) is 148 Å². The maximum Gasteiger partial charge on any atom is 0.246 e. The molecule has 1 aliphatic carbocycles. The number of primary amides is 1. The topological polar surface area (TPSA) is 316 Å². The maximum atomic E-state index is 14.5. The monoisotopic (exact) mass is 884 g/mol. The maximum absolute atomic E-state index is 14.5. The molecule has 4 aliphatic rings. The molecule has 2 unspecified atom stereocenters. The Bertz CT molecular complexity index is 2070. The Morgan fingerprint density at radius 3 is 2.24 bits per heavy atom. The quantitative estimate of drug-likeness (QED) is 0.123. The number of amides is 8. The molecule has 21 heteroatoms. The van der Waals surface area contributed by atoms with Gasteiger partial charge >= 0.3 is 0 Å². The number of Topliss-reactive ketones (excluding diaryl/α,β-unsaturated/α-hetero) is 1. The van der Waals surface area contributed by atoms with Crippen LogP contribution in [0, 0.1) is 23.7 Å². The summed E-state index contributed by atoms with van der Waals surface area (Å²) in [6, 6.07) is -0.0431. The third kappa shape index (κ3) is 11.5. The number of hydrogen-bond acceptors (Lipinski definition) is 13. The van der Waals surface area contributed by atoms with Crippen molar-refractivity contribution in [1.82, 2.24) is 36.8 Å². The van der Waals surface area contributed by atoms with Gasteiger partial charge in [-0.2, -0.15) is 0 Å². The average Bonchev–Trinajstić information content (AvgIpc) is 3.81. The van der Waals surface area contributed by atoms with E-state index >= 15 is 0 Å². The van der Waals surface area contributed by atoms with Crippen LogP contribution in [0.1, 0.15) is 52.9 Å². The van der Waals surface area contributed by atoms with Crippen molar-refractivity contribution < 1.29 is 58.5 Å². The normalized spacial score (nSPS) is 29.8. The van der Waals surface area contributed by atoms with Crippen molar-refractivity contribution in [1.29, 1.82) is 0 Å². The van der Waals surface area contributed by atoms with Crippen molar-refractivity contribution >= 4 is 75.8 Å². The Kier molecular flexibility index (Phi) is 16.2. The number of aliphatic hydroxyl groups is 3. The highest BCUT2D eigenvalue weighted by molar-refractivity contribution is 8.08. The van der Waals surface area contributed by atoms with Crippen LogP contribution in [0.25, 0.3) is 11.0 Å². The molecule has 338 valence electrons. The highest BCUT2D eigenvalue weighted by Gasteiger charge is 2.45. The zero-order valence-electron chi connectivity index (χ0n) is 34.8. The highest BCUT2D eigenvalue weighted by Crippen LogP contribution is 2.35. The molecule has 8 amide bonds. The summed E-state index contributed by atoms with van der Waals surface area (Å²) in [7, 11) is 0. The smallest absolute Gasteiger partial charge is 0.246 e. The summed E-state index contributed by atoms with van der Waals surface area (Å²) in [6.45, 7) is 2.44. The predicted octanol–water partition coefficient (Wildman–Crippen LogP) is -5.02. The number of rotatable bonds is 7. The first-order chi connectivity index (χ1) is 29.4. The van der Waals surface area contributed by atoms with E-state index in [1.54, 1.807) is 26.0 Å². The van der Waals surface area contributed by atoms with Gasteiger partial charge in [0.1, 0.15) is 24.2 Å². The van der Waals surface area contributed by atoms with Gasteiger partial charge in [-0.15, -0.1) is 11.8 Å². The fourth-order valence-electron chi connectivity index (χ4n) is 8.12. The molecule has 11 N–H and O–H groups in total. The Labute approximate surface area is 361 Å². The van der Waals surface area contributed by atoms with Gasteiger partial charge in [-0.3, -0.25) is 43.2 Å². The molecule has 11 atom stereocenters. The second-order valence-electron chi connectivity index (χ2n) is 16.3. The molecule has 62 heavy (non-hydrogen) atoms. The van der Waals surface area contributed by atoms with Gasteiger partial charge in [0, 0.05) is 42.9 Å². The molecule has 0 radical (unpaired) electrons. The van der Waals surface area contributed by atoms with Crippen LogP contribution in [0.4, 0.5) is 0 Å². The number of hydrogen-bond donors (Lipinski definition) is 10. The first-order valence-corrected chi connectivity index (χ1v) is 21.7. The van der Waals surface area contributed by atoms with Crippen LogP contribution < -0.4 is 48.1 Å². The van der Waals surface area contributed by atoms with Gasteiger partial charge in [0.25, 0.3) is 0 Å². The van der Waals surface area contributed by atoms with E-state index in [0.29, 0.717) is 11.3 Å². The molecule has 0 aromatic heterocycles. The SMILES string of the molecule is CC[C@H](C)C1NC(=O)CNC(=O)[C@H]2CC(=O)[C@H]([C@@H](C)[C@@H](O)CO)NC(=O)[C@@H]3C[C@@H](O)CN3C(=O)[C@H](CC(N)=O)NC(=O)C(CSC3=c4ccccc4=C[C@H]3C2)NC(=O)CNC1=O. The van der Waals surface area contributed by atoms with Gasteiger partial charge in [-0.05, 0) is 27.7 Å². The number of carbonyl (C=O) groups excluding carboxylic acids is 9. The average molecular weight is 885 g/mol. The molecule has 20 nitrogen and oxygen atoms in total. The van der Waals surface area contributed by atoms with Crippen molar-refractivity contribution in [2.45, 2.75) is 95.3 Å². The molecule has 0 saturated carbocycles. The minimum atomic E-state index is -1.69. The predicted molar refractivity (Wildman–Crippen MR) is 223 cm³/mol. The number of nitrogens with one attached hydrogen (secondary N) is 6. The summed E-state index contributed by atoms with van der Waals surface area (Å²) in [4.78, 5) is 125. The first-order valence-electron chi connectivity index (χ1n) is 20.7. The standard InChI is InChI=1S/C41H56N8O12S/c1-4-19(2)34-40(60)44-14-32(55)45-27-18-62-36-22(9-21-7-5-6-8-25(21)36)10-23(37(57)43-15-33(56)47-34)11-29(52)35(20(3)30(53)17-50)48-39(59)28-12-24(51)16-49(28)41(61)26(13-31(42)54)46-38(27)58/h5-9,19-20,22-24,26-28,30,34-35,50-51,53H,4,10-18H2,1-3H3,(H2,42,54)(H,43,57)(H,44,60)(H,45,55)(H,46,58)(H,47,56)(H,48,59)/t19-,20-,22-,23+,24+,26-,27?,28-,30-,34?,35-/m0/s1. The lowest BCUT2D eigenvalue weighted by atomic mass is 9.84. The minimum Gasteiger partial charge on any atom is -0.394 e. The summed E-state index contributed by atoms with van der Waals surface area (Å²) in [5.41, 5.74) is 5.53. The number of thioether (sulfide) groups is 1. The highest BCUT2D eigenvalue weighted by atomic mass is 32.2.